The molecule has 0 aromatic heterocycles. The Balaban J connectivity index is 1.85. The Morgan fingerprint density at radius 3 is 3.00 bits per heavy atom. The number of benzene rings is 1. The maximum Gasteiger partial charge on any atom is 0.0885 e. The number of hydrogen-bond acceptors (Lipinski definition) is 2. The third-order valence-electron chi connectivity index (χ3n) is 5.67. The maximum absolute atomic E-state index is 10.6. The first kappa shape index (κ1) is 11.9. The summed E-state index contributed by atoms with van der Waals surface area (Å²) >= 11 is 0. The molecule has 1 saturated carbocycles. The number of ether oxygens (including phenoxy) is 1. The number of rotatable bonds is 0. The Morgan fingerprint density at radius 1 is 1.16 bits per heavy atom. The summed E-state index contributed by atoms with van der Waals surface area (Å²) in [7, 11) is 0. The van der Waals surface area contributed by atoms with Crippen molar-refractivity contribution in [2.75, 3.05) is 6.61 Å². The zero-order valence-electron chi connectivity index (χ0n) is 11.3. The van der Waals surface area contributed by atoms with E-state index in [0.29, 0.717) is 11.3 Å². The topological polar surface area (TPSA) is 29.5 Å². The van der Waals surface area contributed by atoms with Gasteiger partial charge in [-0.25, -0.2) is 0 Å². The fourth-order valence-corrected chi connectivity index (χ4v) is 4.82. The molecule has 102 valence electrons. The summed E-state index contributed by atoms with van der Waals surface area (Å²) in [6, 6.07) is 8.70. The average Bonchev–Trinajstić information content (AvgIpc) is 2.59. The van der Waals surface area contributed by atoms with Crippen molar-refractivity contribution in [3.63, 3.8) is 0 Å². The first-order valence-corrected chi connectivity index (χ1v) is 7.68. The van der Waals surface area contributed by atoms with E-state index in [0.717, 1.165) is 25.9 Å². The number of aliphatic hydroxyl groups is 1. The van der Waals surface area contributed by atoms with Crippen LogP contribution in [0, 0.1) is 11.3 Å². The van der Waals surface area contributed by atoms with Gasteiger partial charge >= 0.3 is 0 Å². The first-order valence-electron chi connectivity index (χ1n) is 7.68. The predicted octanol–water partition coefficient (Wildman–Crippen LogP) is 3.24. The molecule has 2 aliphatic carbocycles. The SMILES string of the molecule is OC1CCCC[C@]23CCO[C@H](c4ccccc4C2)[C@@H]13. The summed E-state index contributed by atoms with van der Waals surface area (Å²) in [6.45, 7) is 0.863. The second-order valence-electron chi connectivity index (χ2n) is 6.62. The van der Waals surface area contributed by atoms with E-state index in [1.165, 1.54) is 30.4 Å². The normalized spacial score (nSPS) is 41.0. The molecule has 0 spiro atoms. The Morgan fingerprint density at radius 2 is 2.05 bits per heavy atom. The zero-order valence-corrected chi connectivity index (χ0v) is 11.3. The van der Waals surface area contributed by atoms with E-state index in [1.807, 2.05) is 0 Å². The van der Waals surface area contributed by atoms with Gasteiger partial charge in [0.1, 0.15) is 0 Å². The summed E-state index contributed by atoms with van der Waals surface area (Å²) in [5.41, 5.74) is 3.09. The Hall–Kier alpha value is -0.860. The molecule has 1 aromatic rings. The molecule has 2 nitrogen and oxygen atoms in total. The summed E-state index contributed by atoms with van der Waals surface area (Å²) in [6.07, 6.45) is 6.88. The van der Waals surface area contributed by atoms with Gasteiger partial charge in [-0.05, 0) is 42.2 Å². The van der Waals surface area contributed by atoms with Crippen LogP contribution in [0.1, 0.15) is 49.3 Å². The average molecular weight is 258 g/mol. The van der Waals surface area contributed by atoms with Crippen LogP contribution < -0.4 is 0 Å². The molecule has 3 aliphatic rings. The Labute approximate surface area is 114 Å². The van der Waals surface area contributed by atoms with Crippen molar-refractivity contribution >= 4 is 0 Å². The van der Waals surface area contributed by atoms with Crippen LogP contribution in [-0.4, -0.2) is 17.8 Å². The fourth-order valence-electron chi connectivity index (χ4n) is 4.82. The minimum absolute atomic E-state index is 0.131. The zero-order chi connectivity index (χ0) is 12.9. The van der Waals surface area contributed by atoms with Crippen LogP contribution in [0.5, 0.6) is 0 Å². The Bertz CT molecular complexity index is 484. The number of aliphatic hydroxyl groups excluding tert-OH is 1. The minimum Gasteiger partial charge on any atom is -0.393 e. The monoisotopic (exact) mass is 258 g/mol. The molecule has 1 aromatic carbocycles. The molecule has 2 bridgehead atoms. The van der Waals surface area contributed by atoms with E-state index in [9.17, 15) is 5.11 Å². The van der Waals surface area contributed by atoms with Gasteiger partial charge in [-0.15, -0.1) is 0 Å². The summed E-state index contributed by atoms with van der Waals surface area (Å²) < 4.78 is 6.11. The van der Waals surface area contributed by atoms with Gasteiger partial charge in [-0.3, -0.25) is 0 Å². The molecular weight excluding hydrogens is 236 g/mol. The maximum atomic E-state index is 10.6. The molecule has 2 fully saturated rings. The van der Waals surface area contributed by atoms with Crippen molar-refractivity contribution in [1.82, 2.24) is 0 Å². The van der Waals surface area contributed by atoms with Crippen molar-refractivity contribution in [3.8, 4) is 0 Å². The van der Waals surface area contributed by atoms with Gasteiger partial charge in [0.05, 0.1) is 12.2 Å². The molecule has 2 heteroatoms. The van der Waals surface area contributed by atoms with E-state index in [4.69, 9.17) is 4.74 Å². The lowest BCUT2D eigenvalue weighted by atomic mass is 9.57. The second-order valence-corrected chi connectivity index (χ2v) is 6.62. The van der Waals surface area contributed by atoms with Crippen LogP contribution in [-0.2, 0) is 11.2 Å². The van der Waals surface area contributed by atoms with Crippen LogP contribution >= 0.6 is 0 Å². The van der Waals surface area contributed by atoms with Gasteiger partial charge in [-0.2, -0.15) is 0 Å². The van der Waals surface area contributed by atoms with Crippen molar-refractivity contribution in [1.29, 1.82) is 0 Å². The van der Waals surface area contributed by atoms with Gasteiger partial charge in [0.25, 0.3) is 0 Å². The molecule has 1 heterocycles. The van der Waals surface area contributed by atoms with Gasteiger partial charge in [0.15, 0.2) is 0 Å². The lowest BCUT2D eigenvalue weighted by molar-refractivity contribution is -0.153. The fraction of sp³-hybridized carbons (Fsp3) is 0.647. The van der Waals surface area contributed by atoms with Gasteiger partial charge in [-0.1, -0.05) is 37.1 Å². The molecule has 19 heavy (non-hydrogen) atoms. The summed E-state index contributed by atoms with van der Waals surface area (Å²) in [5, 5.41) is 10.6. The number of hydrogen-bond donors (Lipinski definition) is 1. The molecular formula is C17H22O2. The predicted molar refractivity (Wildman–Crippen MR) is 73.9 cm³/mol. The van der Waals surface area contributed by atoms with E-state index in [1.54, 1.807) is 0 Å². The molecule has 1 saturated heterocycles. The lowest BCUT2D eigenvalue weighted by Crippen LogP contribution is -2.50. The molecule has 1 unspecified atom stereocenters. The van der Waals surface area contributed by atoms with Crippen molar-refractivity contribution in [3.05, 3.63) is 35.4 Å². The van der Waals surface area contributed by atoms with Crippen LogP contribution in [0.15, 0.2) is 24.3 Å². The van der Waals surface area contributed by atoms with Crippen molar-refractivity contribution in [2.24, 2.45) is 11.3 Å². The summed E-state index contributed by atoms with van der Waals surface area (Å²) in [5.74, 6) is 0.318. The van der Waals surface area contributed by atoms with Gasteiger partial charge < -0.3 is 9.84 Å². The lowest BCUT2D eigenvalue weighted by Gasteiger charge is -2.53. The molecule has 1 N–H and O–H groups in total. The van der Waals surface area contributed by atoms with Crippen LogP contribution in [0.4, 0.5) is 0 Å². The van der Waals surface area contributed by atoms with Crippen LogP contribution in [0.25, 0.3) is 0 Å². The van der Waals surface area contributed by atoms with Gasteiger partial charge in [0.2, 0.25) is 0 Å². The first-order chi connectivity index (χ1) is 9.30. The molecule has 0 radical (unpaired) electrons. The van der Waals surface area contributed by atoms with Crippen molar-refractivity contribution in [2.45, 2.75) is 50.7 Å². The van der Waals surface area contributed by atoms with Crippen molar-refractivity contribution < 1.29 is 9.84 Å². The highest BCUT2D eigenvalue weighted by Gasteiger charge is 2.53. The molecule has 0 amide bonds. The molecule has 4 rings (SSSR count). The third kappa shape index (κ3) is 1.70. The highest BCUT2D eigenvalue weighted by atomic mass is 16.5. The third-order valence-corrected chi connectivity index (χ3v) is 5.67. The minimum atomic E-state index is -0.179. The second kappa shape index (κ2) is 4.32. The van der Waals surface area contributed by atoms with E-state index < -0.39 is 0 Å². The standard InChI is InChI=1S/C17H22O2/c18-14-7-3-4-8-17-9-10-19-16(15(14)17)13-6-2-1-5-12(13)11-17/h1-2,5-6,14-16,18H,3-4,7-11H2/t14?,15-,16-,17+/m1/s1. The highest BCUT2D eigenvalue weighted by Crippen LogP contribution is 2.57. The molecule has 1 aliphatic heterocycles. The van der Waals surface area contributed by atoms with E-state index in [-0.39, 0.29) is 12.2 Å². The number of fused-ring (bicyclic) bond motifs is 2. The Kier molecular flexibility index (Phi) is 2.71. The van der Waals surface area contributed by atoms with Crippen LogP contribution in [0.2, 0.25) is 0 Å². The highest BCUT2D eigenvalue weighted by molar-refractivity contribution is 5.35. The van der Waals surface area contributed by atoms with Crippen LogP contribution in [0.3, 0.4) is 0 Å². The van der Waals surface area contributed by atoms with E-state index in [2.05, 4.69) is 24.3 Å². The van der Waals surface area contributed by atoms with Gasteiger partial charge in [0, 0.05) is 12.5 Å². The van der Waals surface area contributed by atoms with E-state index >= 15 is 0 Å². The molecule has 4 atom stereocenters. The smallest absolute Gasteiger partial charge is 0.0885 e. The quantitative estimate of drug-likeness (QED) is 0.774. The summed E-state index contributed by atoms with van der Waals surface area (Å²) in [4.78, 5) is 0. The largest absolute Gasteiger partial charge is 0.393 e.